The fourth-order valence-electron chi connectivity index (χ4n) is 1.90. The Morgan fingerprint density at radius 3 is 2.55 bits per heavy atom. The number of carbonyl (C=O) groups is 1. The van der Waals surface area contributed by atoms with Gasteiger partial charge in [0.1, 0.15) is 5.75 Å². The summed E-state index contributed by atoms with van der Waals surface area (Å²) in [6.07, 6.45) is 1.13. The molecule has 0 aliphatic heterocycles. The average molecular weight is 308 g/mol. The van der Waals surface area contributed by atoms with E-state index in [1.54, 1.807) is 18.2 Å². The monoisotopic (exact) mass is 308 g/mol. The molecule has 0 heterocycles. The lowest BCUT2D eigenvalue weighted by atomic mass is 10.0. The van der Waals surface area contributed by atoms with Crippen molar-refractivity contribution < 1.29 is 19.4 Å². The molecule has 1 rings (SSSR count). The summed E-state index contributed by atoms with van der Waals surface area (Å²) in [7, 11) is 0. The zero-order valence-electron chi connectivity index (χ0n) is 14.3. The minimum Gasteiger partial charge on any atom is -0.508 e. The predicted molar refractivity (Wildman–Crippen MR) is 86.9 cm³/mol. The van der Waals surface area contributed by atoms with Crippen LogP contribution < -0.4 is 0 Å². The molecule has 0 aliphatic rings. The Balaban J connectivity index is 2.88. The van der Waals surface area contributed by atoms with Crippen molar-refractivity contribution in [2.75, 3.05) is 0 Å². The van der Waals surface area contributed by atoms with Crippen LogP contribution in [0, 0.1) is 0 Å². The van der Waals surface area contributed by atoms with Crippen molar-refractivity contribution in [2.45, 2.75) is 71.7 Å². The maximum absolute atomic E-state index is 12.4. The highest BCUT2D eigenvalue weighted by Crippen LogP contribution is 2.21. The van der Waals surface area contributed by atoms with Gasteiger partial charge in [-0.1, -0.05) is 26.0 Å². The molecule has 0 fully saturated rings. The number of phenols is 1. The van der Waals surface area contributed by atoms with Gasteiger partial charge in [0.15, 0.2) is 6.10 Å². The second kappa shape index (κ2) is 8.18. The van der Waals surface area contributed by atoms with Crippen molar-refractivity contribution in [3.8, 4) is 5.75 Å². The molecular formula is C18H28O4. The first-order valence-electron chi connectivity index (χ1n) is 7.93. The van der Waals surface area contributed by atoms with Crippen LogP contribution in [0.15, 0.2) is 24.3 Å². The highest BCUT2D eigenvalue weighted by atomic mass is 16.6. The van der Waals surface area contributed by atoms with Gasteiger partial charge in [-0.25, -0.2) is 4.79 Å². The summed E-state index contributed by atoms with van der Waals surface area (Å²) in [4.78, 5) is 12.4. The topological polar surface area (TPSA) is 55.8 Å². The van der Waals surface area contributed by atoms with Crippen molar-refractivity contribution in [2.24, 2.45) is 0 Å². The van der Waals surface area contributed by atoms with E-state index in [1.165, 1.54) is 0 Å². The standard InChI is InChI=1S/C18H28O4/c1-6-13(3)21-17(20)16(22-18(4,5)7-2)12-14-9-8-10-15(19)11-14/h8-11,13,16,19H,6-7,12H2,1-5H3. The van der Waals surface area contributed by atoms with Crippen molar-refractivity contribution in [1.82, 2.24) is 0 Å². The number of benzene rings is 1. The smallest absolute Gasteiger partial charge is 0.335 e. The van der Waals surface area contributed by atoms with Gasteiger partial charge in [0, 0.05) is 6.42 Å². The third-order valence-electron chi connectivity index (χ3n) is 3.80. The van der Waals surface area contributed by atoms with Gasteiger partial charge in [-0.05, 0) is 51.3 Å². The molecule has 0 saturated heterocycles. The van der Waals surface area contributed by atoms with E-state index in [-0.39, 0.29) is 17.8 Å². The van der Waals surface area contributed by atoms with E-state index in [2.05, 4.69) is 0 Å². The van der Waals surface area contributed by atoms with Crippen LogP contribution in [-0.4, -0.2) is 28.9 Å². The summed E-state index contributed by atoms with van der Waals surface area (Å²) in [5, 5.41) is 9.57. The molecule has 1 aromatic carbocycles. The number of ether oxygens (including phenoxy) is 2. The fraction of sp³-hybridized carbons (Fsp3) is 0.611. The lowest BCUT2D eigenvalue weighted by molar-refractivity contribution is -0.172. The van der Waals surface area contributed by atoms with E-state index in [9.17, 15) is 9.90 Å². The van der Waals surface area contributed by atoms with E-state index in [0.717, 1.165) is 18.4 Å². The van der Waals surface area contributed by atoms with Gasteiger partial charge in [-0.15, -0.1) is 0 Å². The first-order valence-corrected chi connectivity index (χ1v) is 7.93. The predicted octanol–water partition coefficient (Wildman–Crippen LogP) is 3.85. The number of hydrogen-bond donors (Lipinski definition) is 1. The Hall–Kier alpha value is -1.55. The normalized spacial score (nSPS) is 14.4. The third kappa shape index (κ3) is 6.06. The first kappa shape index (κ1) is 18.5. The van der Waals surface area contributed by atoms with E-state index in [0.29, 0.717) is 6.42 Å². The van der Waals surface area contributed by atoms with E-state index in [4.69, 9.17) is 9.47 Å². The Labute approximate surface area is 133 Å². The van der Waals surface area contributed by atoms with Crippen molar-refractivity contribution >= 4 is 5.97 Å². The van der Waals surface area contributed by atoms with E-state index < -0.39 is 11.7 Å². The number of esters is 1. The van der Waals surface area contributed by atoms with Gasteiger partial charge in [0.05, 0.1) is 11.7 Å². The molecule has 0 amide bonds. The Kier molecular flexibility index (Phi) is 6.88. The van der Waals surface area contributed by atoms with Crippen LogP contribution in [-0.2, 0) is 20.7 Å². The minimum atomic E-state index is -0.675. The lowest BCUT2D eigenvalue weighted by Gasteiger charge is -2.29. The molecule has 0 spiro atoms. The number of phenolic OH excluding ortho intramolecular Hbond substituents is 1. The highest BCUT2D eigenvalue weighted by molar-refractivity contribution is 5.75. The summed E-state index contributed by atoms with van der Waals surface area (Å²) < 4.78 is 11.4. The molecule has 0 bridgehead atoms. The molecule has 0 radical (unpaired) electrons. The van der Waals surface area contributed by atoms with E-state index >= 15 is 0 Å². The zero-order valence-corrected chi connectivity index (χ0v) is 14.3. The number of carbonyl (C=O) groups excluding carboxylic acids is 1. The minimum absolute atomic E-state index is 0.132. The maximum Gasteiger partial charge on any atom is 0.335 e. The molecule has 0 saturated carbocycles. The Morgan fingerprint density at radius 1 is 1.32 bits per heavy atom. The molecule has 124 valence electrons. The van der Waals surface area contributed by atoms with E-state index in [1.807, 2.05) is 40.7 Å². The first-order chi connectivity index (χ1) is 10.3. The summed E-state index contributed by atoms with van der Waals surface area (Å²) in [6, 6.07) is 6.87. The second-order valence-corrected chi connectivity index (χ2v) is 6.25. The quantitative estimate of drug-likeness (QED) is 0.741. The Morgan fingerprint density at radius 2 is 2.00 bits per heavy atom. The molecule has 0 aromatic heterocycles. The molecule has 1 N–H and O–H groups in total. The molecule has 2 unspecified atom stereocenters. The summed E-state index contributed by atoms with van der Waals surface area (Å²) in [5.74, 6) is -0.166. The maximum atomic E-state index is 12.4. The fourth-order valence-corrected chi connectivity index (χ4v) is 1.90. The van der Waals surface area contributed by atoms with Gasteiger partial charge in [0.25, 0.3) is 0 Å². The van der Waals surface area contributed by atoms with Gasteiger partial charge in [-0.3, -0.25) is 0 Å². The summed E-state index contributed by atoms with van der Waals surface area (Å²) in [6.45, 7) is 9.77. The molecule has 4 heteroatoms. The lowest BCUT2D eigenvalue weighted by Crippen LogP contribution is -2.38. The van der Waals surface area contributed by atoms with Crippen LogP contribution in [0.3, 0.4) is 0 Å². The molecule has 4 nitrogen and oxygen atoms in total. The van der Waals surface area contributed by atoms with Crippen LogP contribution in [0.2, 0.25) is 0 Å². The SMILES string of the molecule is CCC(C)OC(=O)C(Cc1cccc(O)c1)OC(C)(C)CC. The van der Waals surface area contributed by atoms with Crippen molar-refractivity contribution in [1.29, 1.82) is 0 Å². The van der Waals surface area contributed by atoms with Gasteiger partial charge in [0.2, 0.25) is 0 Å². The molecule has 1 aromatic rings. The summed E-state index contributed by atoms with van der Waals surface area (Å²) in [5.41, 5.74) is 0.439. The zero-order chi connectivity index (χ0) is 16.8. The average Bonchev–Trinajstić information content (AvgIpc) is 2.46. The van der Waals surface area contributed by atoms with Crippen LogP contribution in [0.4, 0.5) is 0 Å². The summed E-state index contributed by atoms with van der Waals surface area (Å²) >= 11 is 0. The molecule has 22 heavy (non-hydrogen) atoms. The van der Waals surface area contributed by atoms with Gasteiger partial charge < -0.3 is 14.6 Å². The van der Waals surface area contributed by atoms with Gasteiger partial charge in [-0.2, -0.15) is 0 Å². The van der Waals surface area contributed by atoms with Crippen molar-refractivity contribution in [3.05, 3.63) is 29.8 Å². The van der Waals surface area contributed by atoms with Gasteiger partial charge >= 0.3 is 5.97 Å². The molecular weight excluding hydrogens is 280 g/mol. The van der Waals surface area contributed by atoms with Crippen LogP contribution in [0.25, 0.3) is 0 Å². The van der Waals surface area contributed by atoms with Crippen molar-refractivity contribution in [3.63, 3.8) is 0 Å². The van der Waals surface area contributed by atoms with Crippen LogP contribution in [0.1, 0.15) is 53.0 Å². The second-order valence-electron chi connectivity index (χ2n) is 6.25. The number of aromatic hydroxyl groups is 1. The Bertz CT molecular complexity index is 482. The third-order valence-corrected chi connectivity index (χ3v) is 3.80. The molecule has 2 atom stereocenters. The molecule has 0 aliphatic carbocycles. The largest absolute Gasteiger partial charge is 0.508 e. The number of rotatable bonds is 8. The van der Waals surface area contributed by atoms with Crippen LogP contribution in [0.5, 0.6) is 5.75 Å². The number of hydrogen-bond acceptors (Lipinski definition) is 4. The van der Waals surface area contributed by atoms with Crippen LogP contribution >= 0.6 is 0 Å². The highest BCUT2D eigenvalue weighted by Gasteiger charge is 2.29.